The van der Waals surface area contributed by atoms with E-state index < -0.39 is 16.0 Å². The van der Waals surface area contributed by atoms with Crippen molar-refractivity contribution in [3.05, 3.63) is 45.1 Å². The number of aromatic carboxylic acids is 1. The summed E-state index contributed by atoms with van der Waals surface area (Å²) >= 11 is 6.81. The molecule has 0 saturated carbocycles. The lowest BCUT2D eigenvalue weighted by Gasteiger charge is -2.09. The minimum atomic E-state index is -3.99. The van der Waals surface area contributed by atoms with Crippen LogP contribution in [-0.2, 0) is 10.0 Å². The summed E-state index contributed by atoms with van der Waals surface area (Å²) in [5.74, 6) is -1.28. The Balaban J connectivity index is 2.41. The Bertz CT molecular complexity index is 768. The molecule has 0 aliphatic carbocycles. The number of anilines is 1. The van der Waals surface area contributed by atoms with Gasteiger partial charge in [0, 0.05) is 0 Å². The number of carbonyl (C=O) groups is 1. The van der Waals surface area contributed by atoms with Crippen LogP contribution in [0.15, 0.2) is 34.5 Å². The van der Waals surface area contributed by atoms with E-state index in [0.29, 0.717) is 0 Å². The van der Waals surface area contributed by atoms with Gasteiger partial charge in [0.2, 0.25) is 0 Å². The summed E-state index contributed by atoms with van der Waals surface area (Å²) in [5.41, 5.74) is 1.10. The number of carboxylic acid groups (broad SMARTS) is 1. The van der Waals surface area contributed by atoms with E-state index in [4.69, 9.17) is 16.7 Å². The Hall–Kier alpha value is -1.57. The normalized spacial score (nSPS) is 11.3. The molecule has 5 nitrogen and oxygen atoms in total. The first kappa shape index (κ1) is 14.8. The number of halogens is 1. The topological polar surface area (TPSA) is 83.5 Å². The fourth-order valence-corrected chi connectivity index (χ4v) is 4.25. The molecular weight excluding hydrogens is 322 g/mol. The van der Waals surface area contributed by atoms with E-state index in [1.54, 1.807) is 12.1 Å². The second-order valence-electron chi connectivity index (χ2n) is 4.01. The van der Waals surface area contributed by atoms with Gasteiger partial charge >= 0.3 is 5.97 Å². The first-order chi connectivity index (χ1) is 9.31. The summed E-state index contributed by atoms with van der Waals surface area (Å²) in [6, 6.07) is 6.10. The molecule has 2 rings (SSSR count). The van der Waals surface area contributed by atoms with Crippen LogP contribution in [0.5, 0.6) is 0 Å². The predicted molar refractivity (Wildman–Crippen MR) is 78.3 cm³/mol. The second kappa shape index (κ2) is 5.43. The van der Waals surface area contributed by atoms with E-state index in [1.807, 2.05) is 6.92 Å². The molecule has 8 heteroatoms. The molecule has 1 aromatic carbocycles. The first-order valence-corrected chi connectivity index (χ1v) is 8.15. The van der Waals surface area contributed by atoms with E-state index in [-0.39, 0.29) is 20.5 Å². The van der Waals surface area contributed by atoms with Crippen molar-refractivity contribution < 1.29 is 18.3 Å². The van der Waals surface area contributed by atoms with Crippen LogP contribution in [0, 0.1) is 6.92 Å². The van der Waals surface area contributed by atoms with Crippen molar-refractivity contribution in [3.63, 3.8) is 0 Å². The summed E-state index contributed by atoms with van der Waals surface area (Å²) in [7, 11) is -3.99. The number of aryl methyl sites for hydroxylation is 1. The Morgan fingerprint density at radius 3 is 2.65 bits per heavy atom. The zero-order valence-electron chi connectivity index (χ0n) is 10.3. The quantitative estimate of drug-likeness (QED) is 0.901. The van der Waals surface area contributed by atoms with Crippen LogP contribution in [0.4, 0.5) is 5.69 Å². The average molecular weight is 332 g/mol. The van der Waals surface area contributed by atoms with E-state index in [9.17, 15) is 13.2 Å². The molecule has 20 heavy (non-hydrogen) atoms. The maximum atomic E-state index is 12.2. The van der Waals surface area contributed by atoms with E-state index in [1.165, 1.54) is 17.5 Å². The molecule has 0 saturated heterocycles. The fraction of sp³-hybridized carbons (Fsp3) is 0.0833. The van der Waals surface area contributed by atoms with Crippen LogP contribution in [0.1, 0.15) is 15.2 Å². The van der Waals surface area contributed by atoms with Gasteiger partial charge in [-0.25, -0.2) is 13.2 Å². The standard InChI is InChI=1S/C12H10ClNO4S2/c1-7-2-3-9(8(13)6-7)14-20(17,18)10-4-5-19-11(10)12(15)16/h2-6,14H,1H3,(H,15,16). The summed E-state index contributed by atoms with van der Waals surface area (Å²) in [6.45, 7) is 1.82. The highest BCUT2D eigenvalue weighted by atomic mass is 35.5. The van der Waals surface area contributed by atoms with Crippen molar-refractivity contribution in [1.82, 2.24) is 0 Å². The molecule has 0 aliphatic heterocycles. The van der Waals surface area contributed by atoms with Gasteiger partial charge in [0.1, 0.15) is 9.77 Å². The zero-order valence-corrected chi connectivity index (χ0v) is 12.6. The van der Waals surface area contributed by atoms with Gasteiger partial charge in [-0.1, -0.05) is 17.7 Å². The number of carboxylic acids is 1. The van der Waals surface area contributed by atoms with Crippen molar-refractivity contribution in [2.24, 2.45) is 0 Å². The maximum Gasteiger partial charge on any atom is 0.347 e. The van der Waals surface area contributed by atoms with Gasteiger partial charge in [-0.05, 0) is 36.1 Å². The second-order valence-corrected chi connectivity index (χ2v) is 6.98. The van der Waals surface area contributed by atoms with E-state index >= 15 is 0 Å². The SMILES string of the molecule is Cc1ccc(NS(=O)(=O)c2ccsc2C(=O)O)c(Cl)c1. The Morgan fingerprint density at radius 1 is 1.35 bits per heavy atom. The van der Waals surface area contributed by atoms with Crippen LogP contribution in [0.2, 0.25) is 5.02 Å². The van der Waals surface area contributed by atoms with Crippen LogP contribution < -0.4 is 4.72 Å². The van der Waals surface area contributed by atoms with E-state index in [2.05, 4.69) is 4.72 Å². The molecule has 0 radical (unpaired) electrons. The number of benzene rings is 1. The van der Waals surface area contributed by atoms with Crippen LogP contribution in [0.3, 0.4) is 0 Å². The molecule has 106 valence electrons. The largest absolute Gasteiger partial charge is 0.477 e. The molecule has 0 unspecified atom stereocenters. The lowest BCUT2D eigenvalue weighted by molar-refractivity contribution is 0.0698. The Kier molecular flexibility index (Phi) is 4.03. The molecule has 1 heterocycles. The number of hydrogen-bond donors (Lipinski definition) is 2. The molecule has 2 aromatic rings. The minimum Gasteiger partial charge on any atom is -0.477 e. The minimum absolute atomic E-state index is 0.208. The fourth-order valence-electron chi connectivity index (χ4n) is 1.57. The van der Waals surface area contributed by atoms with Crippen LogP contribution in [0.25, 0.3) is 0 Å². The van der Waals surface area contributed by atoms with Gasteiger partial charge in [0.25, 0.3) is 10.0 Å². The summed E-state index contributed by atoms with van der Waals surface area (Å²) in [4.78, 5) is 10.5. The zero-order chi connectivity index (χ0) is 14.9. The van der Waals surface area contributed by atoms with Crippen LogP contribution >= 0.6 is 22.9 Å². The molecule has 0 atom stereocenters. The van der Waals surface area contributed by atoms with Crippen LogP contribution in [-0.4, -0.2) is 19.5 Å². The lowest BCUT2D eigenvalue weighted by atomic mass is 10.2. The summed E-state index contributed by atoms with van der Waals surface area (Å²) in [5, 5.41) is 10.6. The smallest absolute Gasteiger partial charge is 0.347 e. The highest BCUT2D eigenvalue weighted by molar-refractivity contribution is 7.93. The summed E-state index contributed by atoms with van der Waals surface area (Å²) < 4.78 is 26.7. The first-order valence-electron chi connectivity index (χ1n) is 5.41. The Labute approximate surface area is 124 Å². The van der Waals surface area contributed by atoms with Crippen molar-refractivity contribution in [1.29, 1.82) is 0 Å². The van der Waals surface area contributed by atoms with Gasteiger partial charge in [0.05, 0.1) is 10.7 Å². The van der Waals surface area contributed by atoms with Crippen molar-refractivity contribution in [2.75, 3.05) is 4.72 Å². The molecule has 0 spiro atoms. The highest BCUT2D eigenvalue weighted by Gasteiger charge is 2.24. The maximum absolute atomic E-state index is 12.2. The average Bonchev–Trinajstić information content (AvgIpc) is 2.82. The molecule has 0 bridgehead atoms. The van der Waals surface area contributed by atoms with Gasteiger partial charge in [-0.3, -0.25) is 4.72 Å². The number of hydrogen-bond acceptors (Lipinski definition) is 4. The van der Waals surface area contributed by atoms with Crippen molar-refractivity contribution >= 4 is 44.6 Å². The molecular formula is C12H10ClNO4S2. The van der Waals surface area contributed by atoms with Gasteiger partial charge in [0.15, 0.2) is 0 Å². The third-order valence-electron chi connectivity index (χ3n) is 2.48. The van der Waals surface area contributed by atoms with Gasteiger partial charge < -0.3 is 5.11 Å². The van der Waals surface area contributed by atoms with E-state index in [0.717, 1.165) is 16.9 Å². The lowest BCUT2D eigenvalue weighted by Crippen LogP contribution is -2.15. The Morgan fingerprint density at radius 2 is 2.05 bits per heavy atom. The van der Waals surface area contributed by atoms with Crippen molar-refractivity contribution in [2.45, 2.75) is 11.8 Å². The third-order valence-corrected chi connectivity index (χ3v) is 5.23. The predicted octanol–water partition coefficient (Wildman–Crippen LogP) is 3.21. The molecule has 2 N–H and O–H groups in total. The monoisotopic (exact) mass is 331 g/mol. The third kappa shape index (κ3) is 2.95. The highest BCUT2D eigenvalue weighted by Crippen LogP contribution is 2.28. The molecule has 0 fully saturated rings. The molecule has 0 amide bonds. The van der Waals surface area contributed by atoms with Crippen molar-refractivity contribution in [3.8, 4) is 0 Å². The number of thiophene rings is 1. The summed E-state index contributed by atoms with van der Waals surface area (Å²) in [6.07, 6.45) is 0. The van der Waals surface area contributed by atoms with Gasteiger partial charge in [-0.2, -0.15) is 0 Å². The molecule has 1 aromatic heterocycles. The number of rotatable bonds is 4. The van der Waals surface area contributed by atoms with Gasteiger partial charge in [-0.15, -0.1) is 11.3 Å². The number of nitrogens with one attached hydrogen (secondary N) is 1. The number of sulfonamides is 1. The molecule has 0 aliphatic rings.